The molecule has 1 aromatic carbocycles. The Morgan fingerprint density at radius 3 is 1.81 bits per heavy atom. The third-order valence-electron chi connectivity index (χ3n) is 6.93. The molecule has 0 atom stereocenters. The van der Waals surface area contributed by atoms with Gasteiger partial charge in [0.25, 0.3) is 0 Å². The van der Waals surface area contributed by atoms with Gasteiger partial charge in [0.1, 0.15) is 11.5 Å². The second-order valence-corrected chi connectivity index (χ2v) is 10.7. The predicted molar refractivity (Wildman–Crippen MR) is 120 cm³/mol. The predicted octanol–water partition coefficient (Wildman–Crippen LogP) is 5.02. The van der Waals surface area contributed by atoms with E-state index in [1.54, 1.807) is 14.2 Å². The molecule has 2 aliphatic carbocycles. The van der Waals surface area contributed by atoms with Gasteiger partial charge in [0, 0.05) is 60.0 Å². The second-order valence-electron chi connectivity index (χ2n) is 10.7. The maximum atomic E-state index is 13.5. The molecule has 0 spiro atoms. The van der Waals surface area contributed by atoms with Crippen LogP contribution in [0.2, 0.25) is 0 Å². The molecule has 0 aromatic heterocycles. The molecule has 5 nitrogen and oxygen atoms in total. The van der Waals surface area contributed by atoms with E-state index in [1.165, 1.54) is 0 Å². The number of rotatable bonds is 3. The summed E-state index contributed by atoms with van der Waals surface area (Å²) in [6.07, 6.45) is 2.59. The van der Waals surface area contributed by atoms with Gasteiger partial charge in [-0.05, 0) is 29.7 Å². The Bertz CT molecular complexity index is 974. The molecular formula is C26H33NO4. The van der Waals surface area contributed by atoms with Crippen molar-refractivity contribution >= 4 is 11.6 Å². The summed E-state index contributed by atoms with van der Waals surface area (Å²) in [6.45, 7) is 8.58. The molecule has 0 amide bonds. The SMILES string of the molecule is COc1ccc(C2C3=C(CC(C)(C)CC3=O)N(C)C3=C2C(=O)CC(C)(C)C3)c(OC)c1. The average Bonchev–Trinajstić information content (AvgIpc) is 2.67. The van der Waals surface area contributed by atoms with Crippen LogP contribution in [-0.2, 0) is 9.59 Å². The highest BCUT2D eigenvalue weighted by Crippen LogP contribution is 2.55. The van der Waals surface area contributed by atoms with Crippen LogP contribution in [0.1, 0.15) is 64.9 Å². The van der Waals surface area contributed by atoms with Gasteiger partial charge in [-0.25, -0.2) is 0 Å². The van der Waals surface area contributed by atoms with Crippen molar-refractivity contribution in [3.05, 3.63) is 46.3 Å². The van der Waals surface area contributed by atoms with E-state index >= 15 is 0 Å². The van der Waals surface area contributed by atoms with Crippen LogP contribution in [0.4, 0.5) is 0 Å². The molecule has 5 heteroatoms. The molecule has 0 saturated carbocycles. The van der Waals surface area contributed by atoms with Crippen molar-refractivity contribution in [3.8, 4) is 11.5 Å². The number of hydrogen-bond donors (Lipinski definition) is 0. The minimum atomic E-state index is -0.394. The molecule has 1 aliphatic heterocycles. The van der Waals surface area contributed by atoms with Crippen molar-refractivity contribution in [3.63, 3.8) is 0 Å². The first kappa shape index (κ1) is 21.7. The van der Waals surface area contributed by atoms with Gasteiger partial charge in [-0.2, -0.15) is 0 Å². The van der Waals surface area contributed by atoms with Crippen LogP contribution in [0.5, 0.6) is 11.5 Å². The smallest absolute Gasteiger partial charge is 0.162 e. The van der Waals surface area contributed by atoms with E-state index in [4.69, 9.17) is 9.47 Å². The van der Waals surface area contributed by atoms with Gasteiger partial charge in [0.05, 0.1) is 14.2 Å². The maximum Gasteiger partial charge on any atom is 0.162 e. The molecule has 166 valence electrons. The van der Waals surface area contributed by atoms with Gasteiger partial charge in [-0.3, -0.25) is 9.59 Å². The topological polar surface area (TPSA) is 55.8 Å². The van der Waals surface area contributed by atoms with Gasteiger partial charge in [-0.1, -0.05) is 33.8 Å². The zero-order chi connectivity index (χ0) is 22.7. The third kappa shape index (κ3) is 3.58. The summed E-state index contributed by atoms with van der Waals surface area (Å²) in [5.41, 5.74) is 4.27. The number of carbonyl (C=O) groups excluding carboxylic acids is 2. The number of ketones is 2. The summed E-state index contributed by atoms with van der Waals surface area (Å²) in [7, 11) is 5.26. The van der Waals surface area contributed by atoms with Crippen molar-refractivity contribution in [2.75, 3.05) is 21.3 Å². The maximum absolute atomic E-state index is 13.5. The van der Waals surface area contributed by atoms with E-state index in [0.29, 0.717) is 24.3 Å². The Morgan fingerprint density at radius 2 is 1.35 bits per heavy atom. The zero-order valence-electron chi connectivity index (χ0n) is 19.7. The highest BCUT2D eigenvalue weighted by atomic mass is 16.5. The second kappa shape index (κ2) is 7.25. The average molecular weight is 424 g/mol. The van der Waals surface area contributed by atoms with Crippen molar-refractivity contribution < 1.29 is 19.1 Å². The summed E-state index contributed by atoms with van der Waals surface area (Å²) >= 11 is 0. The largest absolute Gasteiger partial charge is 0.497 e. The number of benzene rings is 1. The van der Waals surface area contributed by atoms with Gasteiger partial charge in [-0.15, -0.1) is 0 Å². The van der Waals surface area contributed by atoms with Crippen molar-refractivity contribution in [2.24, 2.45) is 10.8 Å². The molecule has 0 saturated heterocycles. The van der Waals surface area contributed by atoms with E-state index < -0.39 is 5.92 Å². The first-order chi connectivity index (χ1) is 14.5. The Kier molecular flexibility index (Phi) is 5.07. The number of Topliss-reactive ketones (excluding diaryl/α,β-unsaturated/α-hetero) is 2. The highest BCUT2D eigenvalue weighted by Gasteiger charge is 2.48. The lowest BCUT2D eigenvalue weighted by Crippen LogP contribution is -2.43. The fourth-order valence-corrected chi connectivity index (χ4v) is 5.53. The lowest BCUT2D eigenvalue weighted by molar-refractivity contribution is -0.119. The summed E-state index contributed by atoms with van der Waals surface area (Å²) in [5.74, 6) is 1.19. The molecule has 0 fully saturated rings. The first-order valence-electron chi connectivity index (χ1n) is 11.0. The molecule has 0 N–H and O–H groups in total. The molecule has 4 rings (SSSR count). The molecule has 0 bridgehead atoms. The van der Waals surface area contributed by atoms with Crippen LogP contribution < -0.4 is 9.47 Å². The quantitative estimate of drug-likeness (QED) is 0.683. The molecular weight excluding hydrogens is 390 g/mol. The minimum absolute atomic E-state index is 0.106. The normalized spacial score (nSPS) is 23.0. The van der Waals surface area contributed by atoms with E-state index in [1.807, 2.05) is 25.2 Å². The van der Waals surface area contributed by atoms with Crippen LogP contribution in [0.25, 0.3) is 0 Å². The minimum Gasteiger partial charge on any atom is -0.497 e. The number of hydrogen-bond acceptors (Lipinski definition) is 5. The summed E-state index contributed by atoms with van der Waals surface area (Å²) in [6, 6.07) is 5.66. The zero-order valence-corrected chi connectivity index (χ0v) is 19.7. The number of nitrogens with zero attached hydrogens (tertiary/aromatic N) is 1. The third-order valence-corrected chi connectivity index (χ3v) is 6.93. The lowest BCUT2D eigenvalue weighted by Gasteiger charge is -2.48. The highest BCUT2D eigenvalue weighted by molar-refractivity contribution is 6.07. The van der Waals surface area contributed by atoms with E-state index in [0.717, 1.165) is 40.9 Å². The van der Waals surface area contributed by atoms with Crippen LogP contribution in [-0.4, -0.2) is 37.7 Å². The summed E-state index contributed by atoms with van der Waals surface area (Å²) in [5, 5.41) is 0. The summed E-state index contributed by atoms with van der Waals surface area (Å²) < 4.78 is 11.1. The van der Waals surface area contributed by atoms with Gasteiger partial charge >= 0.3 is 0 Å². The van der Waals surface area contributed by atoms with Crippen LogP contribution in [0, 0.1) is 10.8 Å². The first-order valence-corrected chi connectivity index (χ1v) is 11.0. The fraction of sp³-hybridized carbons (Fsp3) is 0.538. The molecule has 3 aliphatic rings. The Morgan fingerprint density at radius 1 is 0.839 bits per heavy atom. The van der Waals surface area contributed by atoms with Crippen LogP contribution >= 0.6 is 0 Å². The van der Waals surface area contributed by atoms with Crippen molar-refractivity contribution in [1.82, 2.24) is 4.90 Å². The monoisotopic (exact) mass is 423 g/mol. The molecule has 1 heterocycles. The van der Waals surface area contributed by atoms with E-state index in [9.17, 15) is 9.59 Å². The van der Waals surface area contributed by atoms with Gasteiger partial charge < -0.3 is 14.4 Å². The number of ether oxygens (including phenoxy) is 2. The van der Waals surface area contributed by atoms with Crippen LogP contribution in [0.3, 0.4) is 0 Å². The molecule has 0 unspecified atom stereocenters. The van der Waals surface area contributed by atoms with E-state index in [-0.39, 0.29) is 22.4 Å². The van der Waals surface area contributed by atoms with Crippen molar-refractivity contribution in [2.45, 2.75) is 59.3 Å². The fourth-order valence-electron chi connectivity index (χ4n) is 5.53. The lowest BCUT2D eigenvalue weighted by atomic mass is 9.63. The van der Waals surface area contributed by atoms with E-state index in [2.05, 4.69) is 32.6 Å². The standard InChI is InChI=1S/C26H33NO4/c1-25(2)11-17-23(19(28)13-25)22(16-9-8-15(30-6)10-21(16)31-7)24-18(27(17)5)12-26(3,4)14-20(24)29/h8-10,22H,11-14H2,1-7H3. The van der Waals surface area contributed by atoms with Gasteiger partial charge in [0.2, 0.25) is 0 Å². The molecule has 31 heavy (non-hydrogen) atoms. The Balaban J connectivity index is 1.99. The van der Waals surface area contributed by atoms with Gasteiger partial charge in [0.15, 0.2) is 11.6 Å². The number of carbonyl (C=O) groups is 2. The van der Waals surface area contributed by atoms with Crippen LogP contribution in [0.15, 0.2) is 40.7 Å². The summed E-state index contributed by atoms with van der Waals surface area (Å²) in [4.78, 5) is 29.2. The number of allylic oxidation sites excluding steroid dienone is 4. The Hall–Kier alpha value is -2.56. The molecule has 1 aromatic rings. The Labute approximate surface area is 185 Å². The van der Waals surface area contributed by atoms with Crippen molar-refractivity contribution in [1.29, 1.82) is 0 Å². The molecule has 0 radical (unpaired) electrons. The number of methoxy groups -OCH3 is 2.